The number of methoxy groups -OCH3 is 2. The van der Waals surface area contributed by atoms with Crippen molar-refractivity contribution in [1.82, 2.24) is 10.3 Å². The maximum absolute atomic E-state index is 13.5. The van der Waals surface area contributed by atoms with E-state index in [-0.39, 0.29) is 17.4 Å². The number of halogens is 1. The second-order valence-corrected chi connectivity index (χ2v) is 12.7. The highest BCUT2D eigenvalue weighted by Crippen LogP contribution is 2.28. The highest BCUT2D eigenvalue weighted by molar-refractivity contribution is 9.10. The summed E-state index contributed by atoms with van der Waals surface area (Å²) in [5.74, 6) is 0.0874. The molecule has 12 heteroatoms. The third-order valence-corrected chi connectivity index (χ3v) is 8.94. The Bertz CT molecular complexity index is 1900. The zero-order valence-corrected chi connectivity index (χ0v) is 28.5. The first kappa shape index (κ1) is 33.5. The van der Waals surface area contributed by atoms with E-state index in [1.54, 1.807) is 86.0 Å². The average molecular weight is 730 g/mol. The lowest BCUT2D eigenvalue weighted by Crippen LogP contribution is -2.30. The van der Waals surface area contributed by atoms with Gasteiger partial charge in [0.25, 0.3) is 11.8 Å². The summed E-state index contributed by atoms with van der Waals surface area (Å²) in [4.78, 5) is 44.4. The van der Waals surface area contributed by atoms with Gasteiger partial charge in [-0.05, 0) is 66.7 Å². The van der Waals surface area contributed by atoms with Gasteiger partial charge in [0.05, 0.1) is 25.7 Å². The number of carbonyl (C=O) groups excluding carboxylic acids is 3. The summed E-state index contributed by atoms with van der Waals surface area (Å²) in [6, 6.07) is 28.7. The Morgan fingerprint density at radius 2 is 1.64 bits per heavy atom. The van der Waals surface area contributed by atoms with E-state index in [1.165, 1.54) is 30.2 Å². The molecule has 5 rings (SSSR count). The number of nitrogens with one attached hydrogen (secondary N) is 3. The molecule has 4 aromatic carbocycles. The summed E-state index contributed by atoms with van der Waals surface area (Å²) in [5, 5.41) is 10.8. The lowest BCUT2D eigenvalue weighted by atomic mass is 10.1. The fraction of sp³-hybridized carbons (Fsp3) is 0.0857. The fourth-order valence-electron chi connectivity index (χ4n) is 4.26. The first-order chi connectivity index (χ1) is 22.8. The number of hydrogen-bond donors (Lipinski definition) is 3. The standard InChI is InChI=1S/C35H29BrN4O5S2/c1-44-27-15-10-24(31(19-27)45-2)18-29(38-33(42)23-6-4-3-5-7-23)34(43)37-26-13-16-28(17-14-26)46-21-32(41)40-35-39-30(20-47-35)22-8-11-25(36)12-9-22/h3-20H,21H2,1-2H3,(H,37,43)(H,38,42)(H,39,40,41)/b29-18-. The van der Waals surface area contributed by atoms with Crippen LogP contribution in [-0.4, -0.2) is 42.7 Å². The zero-order valence-electron chi connectivity index (χ0n) is 25.3. The molecule has 47 heavy (non-hydrogen) atoms. The van der Waals surface area contributed by atoms with E-state index < -0.39 is 11.8 Å². The van der Waals surface area contributed by atoms with E-state index in [0.717, 1.165) is 20.6 Å². The van der Waals surface area contributed by atoms with Crippen LogP contribution in [0.1, 0.15) is 15.9 Å². The summed E-state index contributed by atoms with van der Waals surface area (Å²) < 4.78 is 11.7. The predicted octanol–water partition coefficient (Wildman–Crippen LogP) is 7.73. The summed E-state index contributed by atoms with van der Waals surface area (Å²) in [6.07, 6.45) is 1.54. The van der Waals surface area contributed by atoms with Crippen LogP contribution in [0.2, 0.25) is 0 Å². The molecule has 0 bridgehead atoms. The maximum atomic E-state index is 13.5. The summed E-state index contributed by atoms with van der Waals surface area (Å²) >= 11 is 6.15. The minimum absolute atomic E-state index is 0.0166. The number of anilines is 2. The molecule has 238 valence electrons. The molecular weight excluding hydrogens is 700 g/mol. The molecule has 0 atom stereocenters. The lowest BCUT2D eigenvalue weighted by Gasteiger charge is -2.13. The van der Waals surface area contributed by atoms with Gasteiger partial charge in [-0.25, -0.2) is 4.98 Å². The van der Waals surface area contributed by atoms with Crippen molar-refractivity contribution < 1.29 is 23.9 Å². The van der Waals surface area contributed by atoms with Crippen LogP contribution in [0.15, 0.2) is 118 Å². The van der Waals surface area contributed by atoms with Crippen LogP contribution in [0.25, 0.3) is 17.3 Å². The Morgan fingerprint density at radius 1 is 0.894 bits per heavy atom. The number of carbonyl (C=O) groups is 3. The molecule has 3 N–H and O–H groups in total. The second-order valence-electron chi connectivity index (χ2n) is 9.85. The first-order valence-corrected chi connectivity index (χ1v) is 16.8. The van der Waals surface area contributed by atoms with E-state index in [4.69, 9.17) is 9.47 Å². The number of hydrogen-bond acceptors (Lipinski definition) is 8. The van der Waals surface area contributed by atoms with Crippen molar-refractivity contribution in [1.29, 1.82) is 0 Å². The van der Waals surface area contributed by atoms with E-state index in [0.29, 0.717) is 33.4 Å². The molecule has 0 fully saturated rings. The number of nitrogens with zero attached hydrogens (tertiary/aromatic N) is 1. The zero-order chi connectivity index (χ0) is 33.2. The number of aromatic nitrogens is 1. The van der Waals surface area contributed by atoms with E-state index >= 15 is 0 Å². The number of ether oxygens (including phenoxy) is 2. The summed E-state index contributed by atoms with van der Waals surface area (Å²) in [7, 11) is 3.06. The largest absolute Gasteiger partial charge is 0.497 e. The fourth-order valence-corrected chi connectivity index (χ4v) is 5.96. The number of rotatable bonds is 12. The Morgan fingerprint density at radius 3 is 2.34 bits per heavy atom. The van der Waals surface area contributed by atoms with Crippen LogP contribution in [0.5, 0.6) is 11.5 Å². The van der Waals surface area contributed by atoms with Crippen molar-refractivity contribution in [2.45, 2.75) is 4.90 Å². The molecule has 5 aromatic rings. The minimum atomic E-state index is -0.530. The van der Waals surface area contributed by atoms with Crippen molar-refractivity contribution in [2.24, 2.45) is 0 Å². The lowest BCUT2D eigenvalue weighted by molar-refractivity contribution is -0.114. The SMILES string of the molecule is COc1ccc(/C=C(\NC(=O)c2ccccc2)C(=O)Nc2ccc(SCC(=O)Nc3nc(-c4ccc(Br)cc4)cs3)cc2)c(OC)c1. The smallest absolute Gasteiger partial charge is 0.272 e. The average Bonchev–Trinajstić information content (AvgIpc) is 3.56. The molecule has 9 nitrogen and oxygen atoms in total. The van der Waals surface area contributed by atoms with Gasteiger partial charge in [-0.1, -0.05) is 46.3 Å². The van der Waals surface area contributed by atoms with Gasteiger partial charge < -0.3 is 25.4 Å². The molecule has 0 radical (unpaired) electrons. The van der Waals surface area contributed by atoms with Crippen LogP contribution in [-0.2, 0) is 9.59 Å². The van der Waals surface area contributed by atoms with E-state index in [1.807, 2.05) is 29.6 Å². The van der Waals surface area contributed by atoms with Crippen molar-refractivity contribution in [3.8, 4) is 22.8 Å². The van der Waals surface area contributed by atoms with Crippen molar-refractivity contribution in [2.75, 3.05) is 30.6 Å². The Balaban J connectivity index is 1.22. The Kier molecular flexibility index (Phi) is 11.4. The molecule has 0 spiro atoms. The van der Waals surface area contributed by atoms with Crippen molar-refractivity contribution in [3.05, 3.63) is 124 Å². The van der Waals surface area contributed by atoms with E-state index in [9.17, 15) is 14.4 Å². The van der Waals surface area contributed by atoms with Crippen LogP contribution in [0.3, 0.4) is 0 Å². The van der Waals surface area contributed by atoms with E-state index in [2.05, 4.69) is 36.9 Å². The molecule has 0 aliphatic heterocycles. The third kappa shape index (κ3) is 9.32. The van der Waals surface area contributed by atoms with Gasteiger partial charge in [-0.2, -0.15) is 0 Å². The Hall–Kier alpha value is -4.91. The van der Waals surface area contributed by atoms with Gasteiger partial charge >= 0.3 is 0 Å². The van der Waals surface area contributed by atoms with Gasteiger partial charge in [0.2, 0.25) is 5.91 Å². The van der Waals surface area contributed by atoms with Gasteiger partial charge in [0.15, 0.2) is 5.13 Å². The molecule has 0 saturated heterocycles. The molecule has 0 aliphatic rings. The molecule has 3 amide bonds. The normalized spacial score (nSPS) is 11.0. The molecule has 0 unspecified atom stereocenters. The quantitative estimate of drug-likeness (QED) is 0.0889. The maximum Gasteiger partial charge on any atom is 0.272 e. The van der Waals surface area contributed by atoms with Gasteiger partial charge in [0.1, 0.15) is 17.2 Å². The number of thioether (sulfide) groups is 1. The summed E-state index contributed by atoms with van der Waals surface area (Å²) in [6.45, 7) is 0. The highest BCUT2D eigenvalue weighted by Gasteiger charge is 2.17. The second kappa shape index (κ2) is 16.1. The van der Waals surface area contributed by atoms with Crippen molar-refractivity contribution >= 4 is 73.6 Å². The Labute approximate surface area is 288 Å². The topological polar surface area (TPSA) is 119 Å². The van der Waals surface area contributed by atoms with Gasteiger partial charge in [-0.3, -0.25) is 14.4 Å². The number of amides is 3. The van der Waals surface area contributed by atoms with Crippen LogP contribution in [0, 0.1) is 0 Å². The molecule has 1 aromatic heterocycles. The molecule has 1 heterocycles. The molecule has 0 aliphatic carbocycles. The van der Waals surface area contributed by atoms with Gasteiger partial charge in [-0.15, -0.1) is 23.1 Å². The van der Waals surface area contributed by atoms with Crippen LogP contribution < -0.4 is 25.4 Å². The predicted molar refractivity (Wildman–Crippen MR) is 191 cm³/mol. The number of benzene rings is 4. The molecule has 0 saturated carbocycles. The highest BCUT2D eigenvalue weighted by atomic mass is 79.9. The van der Waals surface area contributed by atoms with Crippen LogP contribution in [0.4, 0.5) is 10.8 Å². The number of thiazole rings is 1. The van der Waals surface area contributed by atoms with Crippen molar-refractivity contribution in [3.63, 3.8) is 0 Å². The summed E-state index contributed by atoms with van der Waals surface area (Å²) in [5.41, 5.74) is 3.26. The van der Waals surface area contributed by atoms with Crippen LogP contribution >= 0.6 is 39.0 Å². The monoisotopic (exact) mass is 728 g/mol. The minimum Gasteiger partial charge on any atom is -0.497 e. The first-order valence-electron chi connectivity index (χ1n) is 14.2. The molecular formula is C35H29BrN4O5S2. The van der Waals surface area contributed by atoms with Gasteiger partial charge in [0, 0.05) is 43.2 Å². The third-order valence-electron chi connectivity index (χ3n) is 6.64.